The lowest BCUT2D eigenvalue weighted by atomic mass is 9.89. The van der Waals surface area contributed by atoms with Crippen molar-refractivity contribution in [1.82, 2.24) is 15.5 Å². The number of nitrogens with two attached hydrogens (primary N) is 1. The molecule has 1 amide bonds. The molecular formula is C17H23ClN4O2. The van der Waals surface area contributed by atoms with Gasteiger partial charge in [0.15, 0.2) is 5.82 Å². The smallest absolute Gasteiger partial charge is 0.251 e. The van der Waals surface area contributed by atoms with Crippen LogP contribution in [0.1, 0.15) is 73.1 Å². The number of nitrogen functional groups attached to an aromatic ring is 1. The van der Waals surface area contributed by atoms with Crippen LogP contribution in [0.2, 0.25) is 0 Å². The van der Waals surface area contributed by atoms with Crippen LogP contribution in [0, 0.1) is 0 Å². The fourth-order valence-corrected chi connectivity index (χ4v) is 2.97. The van der Waals surface area contributed by atoms with Crippen LogP contribution < -0.4 is 11.1 Å². The third kappa shape index (κ3) is 4.26. The van der Waals surface area contributed by atoms with Gasteiger partial charge in [-0.2, -0.15) is 4.98 Å². The maximum absolute atomic E-state index is 12.2. The van der Waals surface area contributed by atoms with Gasteiger partial charge in [0.1, 0.15) is 6.04 Å². The summed E-state index contributed by atoms with van der Waals surface area (Å²) in [5, 5.41) is 6.96. The maximum Gasteiger partial charge on any atom is 0.251 e. The number of amides is 1. The van der Waals surface area contributed by atoms with Crippen molar-refractivity contribution >= 4 is 24.0 Å². The molecule has 0 radical (unpaired) electrons. The number of hydrogen-bond donors (Lipinski definition) is 2. The fourth-order valence-electron chi connectivity index (χ4n) is 2.97. The minimum atomic E-state index is -0.339. The number of rotatable bonds is 4. The van der Waals surface area contributed by atoms with Gasteiger partial charge in [0, 0.05) is 17.2 Å². The molecule has 1 aromatic carbocycles. The molecule has 0 aliphatic heterocycles. The van der Waals surface area contributed by atoms with E-state index in [1.807, 2.05) is 6.92 Å². The third-order valence-corrected chi connectivity index (χ3v) is 4.29. The van der Waals surface area contributed by atoms with E-state index in [4.69, 9.17) is 10.3 Å². The Hall–Kier alpha value is -2.08. The van der Waals surface area contributed by atoms with Crippen LogP contribution in [0.25, 0.3) is 0 Å². The molecule has 0 spiro atoms. The first-order valence-electron chi connectivity index (χ1n) is 8.13. The SMILES string of the molecule is CC(NC(=O)c1cccc(N)c1)c1nc(C2CCCCC2)no1.Cl. The predicted molar refractivity (Wildman–Crippen MR) is 94.1 cm³/mol. The summed E-state index contributed by atoms with van der Waals surface area (Å²) in [6.45, 7) is 1.84. The summed E-state index contributed by atoms with van der Waals surface area (Å²) in [6.07, 6.45) is 5.95. The highest BCUT2D eigenvalue weighted by molar-refractivity contribution is 5.95. The van der Waals surface area contributed by atoms with Gasteiger partial charge in [-0.3, -0.25) is 4.79 Å². The van der Waals surface area contributed by atoms with E-state index in [0.717, 1.165) is 18.7 Å². The van der Waals surface area contributed by atoms with Crippen molar-refractivity contribution in [3.05, 3.63) is 41.5 Å². The highest BCUT2D eigenvalue weighted by Crippen LogP contribution is 2.31. The van der Waals surface area contributed by atoms with E-state index in [1.54, 1.807) is 24.3 Å². The molecule has 6 nitrogen and oxygen atoms in total. The zero-order chi connectivity index (χ0) is 16.2. The Labute approximate surface area is 147 Å². The number of nitrogens with zero attached hydrogens (tertiary/aromatic N) is 2. The standard InChI is InChI=1S/C17H22N4O2.ClH/c1-11(19-16(22)13-8-5-9-14(18)10-13)17-20-15(21-23-17)12-6-3-2-4-7-12;/h5,8-12H,2-4,6-7,18H2,1H3,(H,19,22);1H. The molecule has 1 atom stereocenters. The average molecular weight is 351 g/mol. The summed E-state index contributed by atoms with van der Waals surface area (Å²) in [4.78, 5) is 16.7. The Balaban J connectivity index is 0.00000208. The van der Waals surface area contributed by atoms with Crippen LogP contribution in [0.5, 0.6) is 0 Å². The summed E-state index contributed by atoms with van der Waals surface area (Å²) in [7, 11) is 0. The number of benzene rings is 1. The van der Waals surface area contributed by atoms with Crippen LogP contribution in [0.15, 0.2) is 28.8 Å². The first kappa shape index (κ1) is 18.3. The van der Waals surface area contributed by atoms with Crippen molar-refractivity contribution in [2.45, 2.75) is 51.0 Å². The summed E-state index contributed by atoms with van der Waals surface area (Å²) in [6, 6.07) is 6.52. The minimum absolute atomic E-state index is 0. The molecule has 1 fully saturated rings. The van der Waals surface area contributed by atoms with Gasteiger partial charge in [0.2, 0.25) is 5.89 Å². The van der Waals surface area contributed by atoms with Crippen LogP contribution >= 0.6 is 12.4 Å². The maximum atomic E-state index is 12.2. The van der Waals surface area contributed by atoms with E-state index >= 15 is 0 Å². The van der Waals surface area contributed by atoms with Gasteiger partial charge in [-0.05, 0) is 38.0 Å². The van der Waals surface area contributed by atoms with Crippen molar-refractivity contribution in [2.24, 2.45) is 0 Å². The Kier molecular flexibility index (Phi) is 6.20. The lowest BCUT2D eigenvalue weighted by Crippen LogP contribution is -2.27. The van der Waals surface area contributed by atoms with Gasteiger partial charge in [-0.1, -0.05) is 30.5 Å². The Morgan fingerprint density at radius 2 is 2.08 bits per heavy atom. The summed E-state index contributed by atoms with van der Waals surface area (Å²) < 4.78 is 5.34. The number of hydrogen-bond acceptors (Lipinski definition) is 5. The fraction of sp³-hybridized carbons (Fsp3) is 0.471. The zero-order valence-electron chi connectivity index (χ0n) is 13.7. The van der Waals surface area contributed by atoms with Crippen LogP contribution in [-0.4, -0.2) is 16.0 Å². The van der Waals surface area contributed by atoms with Crippen molar-refractivity contribution in [3.8, 4) is 0 Å². The second-order valence-corrected chi connectivity index (χ2v) is 6.15. The molecule has 3 N–H and O–H groups in total. The molecule has 7 heteroatoms. The van der Waals surface area contributed by atoms with E-state index in [9.17, 15) is 4.79 Å². The van der Waals surface area contributed by atoms with Gasteiger partial charge < -0.3 is 15.6 Å². The number of anilines is 1. The second kappa shape index (κ2) is 8.15. The molecule has 3 rings (SSSR count). The first-order chi connectivity index (χ1) is 11.1. The molecule has 24 heavy (non-hydrogen) atoms. The number of aromatic nitrogens is 2. The van der Waals surface area contributed by atoms with Crippen LogP contribution in [0.4, 0.5) is 5.69 Å². The molecule has 1 aromatic heterocycles. The Bertz CT molecular complexity index is 683. The van der Waals surface area contributed by atoms with Gasteiger partial charge in [-0.25, -0.2) is 0 Å². The monoisotopic (exact) mass is 350 g/mol. The zero-order valence-corrected chi connectivity index (χ0v) is 14.5. The van der Waals surface area contributed by atoms with Crippen molar-refractivity contribution in [1.29, 1.82) is 0 Å². The number of carbonyl (C=O) groups is 1. The molecule has 130 valence electrons. The van der Waals surface area contributed by atoms with E-state index in [1.165, 1.54) is 19.3 Å². The molecule has 2 aromatic rings. The van der Waals surface area contributed by atoms with E-state index < -0.39 is 0 Å². The molecule has 1 unspecified atom stereocenters. The summed E-state index contributed by atoms with van der Waals surface area (Å²) in [5.74, 6) is 1.40. The molecule has 1 heterocycles. The first-order valence-corrected chi connectivity index (χ1v) is 8.13. The third-order valence-electron chi connectivity index (χ3n) is 4.29. The van der Waals surface area contributed by atoms with Crippen LogP contribution in [-0.2, 0) is 0 Å². The van der Waals surface area contributed by atoms with E-state index in [0.29, 0.717) is 23.1 Å². The molecule has 0 bridgehead atoms. The number of halogens is 1. The van der Waals surface area contributed by atoms with Gasteiger partial charge in [-0.15, -0.1) is 12.4 Å². The van der Waals surface area contributed by atoms with E-state index in [-0.39, 0.29) is 24.4 Å². The minimum Gasteiger partial charge on any atom is -0.399 e. The van der Waals surface area contributed by atoms with Gasteiger partial charge in [0.25, 0.3) is 5.91 Å². The quantitative estimate of drug-likeness (QED) is 0.821. The molecule has 1 aliphatic rings. The van der Waals surface area contributed by atoms with E-state index in [2.05, 4.69) is 15.5 Å². The van der Waals surface area contributed by atoms with Crippen molar-refractivity contribution < 1.29 is 9.32 Å². The highest BCUT2D eigenvalue weighted by Gasteiger charge is 2.23. The Morgan fingerprint density at radius 3 is 2.79 bits per heavy atom. The topological polar surface area (TPSA) is 94.0 Å². The highest BCUT2D eigenvalue weighted by atomic mass is 35.5. The lowest BCUT2D eigenvalue weighted by molar-refractivity contribution is 0.0932. The largest absolute Gasteiger partial charge is 0.399 e. The van der Waals surface area contributed by atoms with Crippen molar-refractivity contribution in [2.75, 3.05) is 5.73 Å². The molecule has 1 aliphatic carbocycles. The molecule has 0 saturated heterocycles. The number of nitrogens with one attached hydrogen (secondary N) is 1. The normalized spacial score (nSPS) is 16.2. The Morgan fingerprint density at radius 1 is 1.33 bits per heavy atom. The number of carbonyl (C=O) groups excluding carboxylic acids is 1. The average Bonchev–Trinajstić information content (AvgIpc) is 3.06. The predicted octanol–water partition coefficient (Wildman–Crippen LogP) is 3.61. The summed E-state index contributed by atoms with van der Waals surface area (Å²) >= 11 is 0. The second-order valence-electron chi connectivity index (χ2n) is 6.15. The molecule has 1 saturated carbocycles. The lowest BCUT2D eigenvalue weighted by Gasteiger charge is -2.17. The van der Waals surface area contributed by atoms with Gasteiger partial charge >= 0.3 is 0 Å². The van der Waals surface area contributed by atoms with Gasteiger partial charge in [0.05, 0.1) is 0 Å². The van der Waals surface area contributed by atoms with Crippen LogP contribution in [0.3, 0.4) is 0 Å². The summed E-state index contributed by atoms with van der Waals surface area (Å²) in [5.41, 5.74) is 6.78. The molecular weight excluding hydrogens is 328 g/mol. The van der Waals surface area contributed by atoms with Crippen molar-refractivity contribution in [3.63, 3.8) is 0 Å².